The van der Waals surface area contributed by atoms with Crippen molar-refractivity contribution in [3.8, 4) is 11.5 Å². The SMILES string of the molecule is Cc1ccc(S(=O)(=O)OCC2COc3ccc4ncc(C)cc4c3O2)cc1. The van der Waals surface area contributed by atoms with Gasteiger partial charge in [-0.15, -0.1) is 0 Å². The summed E-state index contributed by atoms with van der Waals surface area (Å²) in [5, 5.41) is 0.832. The molecule has 6 nitrogen and oxygen atoms in total. The summed E-state index contributed by atoms with van der Waals surface area (Å²) in [6, 6.07) is 12.2. The van der Waals surface area contributed by atoms with Crippen LogP contribution in [0.1, 0.15) is 11.1 Å². The number of benzene rings is 2. The summed E-state index contributed by atoms with van der Waals surface area (Å²) in [5.74, 6) is 1.18. The molecule has 2 heterocycles. The summed E-state index contributed by atoms with van der Waals surface area (Å²) in [5.41, 5.74) is 2.77. The van der Waals surface area contributed by atoms with Gasteiger partial charge in [-0.1, -0.05) is 17.7 Å². The Bertz CT molecular complexity index is 1090. The van der Waals surface area contributed by atoms with Crippen molar-refractivity contribution in [3.63, 3.8) is 0 Å². The molecule has 0 N–H and O–H groups in total. The molecule has 7 heteroatoms. The third kappa shape index (κ3) is 3.61. The van der Waals surface area contributed by atoms with Crippen LogP contribution in [0.3, 0.4) is 0 Å². The zero-order valence-electron chi connectivity index (χ0n) is 15.0. The molecule has 0 radical (unpaired) electrons. The maximum Gasteiger partial charge on any atom is 0.297 e. The largest absolute Gasteiger partial charge is 0.486 e. The Morgan fingerprint density at radius 1 is 1.11 bits per heavy atom. The monoisotopic (exact) mass is 385 g/mol. The number of pyridine rings is 1. The summed E-state index contributed by atoms with van der Waals surface area (Å²) in [6.07, 6.45) is 1.25. The fourth-order valence-corrected chi connectivity index (χ4v) is 3.83. The summed E-state index contributed by atoms with van der Waals surface area (Å²) in [7, 11) is -3.85. The molecule has 4 rings (SSSR count). The molecule has 27 heavy (non-hydrogen) atoms. The molecule has 1 aliphatic heterocycles. The Kier molecular flexibility index (Phi) is 4.49. The molecule has 0 saturated heterocycles. The fourth-order valence-electron chi connectivity index (χ4n) is 2.90. The highest BCUT2D eigenvalue weighted by molar-refractivity contribution is 7.86. The summed E-state index contributed by atoms with van der Waals surface area (Å²) in [4.78, 5) is 4.50. The Morgan fingerprint density at radius 2 is 1.89 bits per heavy atom. The van der Waals surface area contributed by atoms with Crippen LogP contribution < -0.4 is 9.47 Å². The van der Waals surface area contributed by atoms with E-state index in [9.17, 15) is 8.42 Å². The molecule has 140 valence electrons. The van der Waals surface area contributed by atoms with Gasteiger partial charge in [0.15, 0.2) is 17.6 Å². The Labute approximate surface area is 157 Å². The number of fused-ring (bicyclic) bond motifs is 3. The number of aryl methyl sites for hydroxylation is 2. The first-order valence-corrected chi connectivity index (χ1v) is 9.98. The van der Waals surface area contributed by atoms with Crippen molar-refractivity contribution in [2.45, 2.75) is 24.8 Å². The van der Waals surface area contributed by atoms with Crippen LogP contribution in [0, 0.1) is 13.8 Å². The van der Waals surface area contributed by atoms with Gasteiger partial charge in [0.1, 0.15) is 13.2 Å². The molecule has 1 atom stereocenters. The van der Waals surface area contributed by atoms with Crippen molar-refractivity contribution < 1.29 is 22.1 Å². The van der Waals surface area contributed by atoms with Crippen LogP contribution in [-0.2, 0) is 14.3 Å². The van der Waals surface area contributed by atoms with Crippen LogP contribution in [0.25, 0.3) is 10.9 Å². The van der Waals surface area contributed by atoms with Crippen LogP contribution in [0.5, 0.6) is 11.5 Å². The molecule has 3 aromatic rings. The second kappa shape index (κ2) is 6.83. The second-order valence-corrected chi connectivity index (χ2v) is 8.19. The normalized spacial score (nSPS) is 16.4. The van der Waals surface area contributed by atoms with Crippen LogP contribution in [0.15, 0.2) is 53.6 Å². The first-order chi connectivity index (χ1) is 12.9. The molecule has 0 amide bonds. The van der Waals surface area contributed by atoms with Gasteiger partial charge in [-0.3, -0.25) is 9.17 Å². The average Bonchev–Trinajstić information content (AvgIpc) is 2.66. The summed E-state index contributed by atoms with van der Waals surface area (Å²) in [6.45, 7) is 3.92. The van der Waals surface area contributed by atoms with Crippen molar-refractivity contribution in [2.75, 3.05) is 13.2 Å². The number of aromatic nitrogens is 1. The zero-order valence-corrected chi connectivity index (χ0v) is 15.8. The van der Waals surface area contributed by atoms with Crippen molar-refractivity contribution in [3.05, 3.63) is 59.8 Å². The highest BCUT2D eigenvalue weighted by atomic mass is 32.2. The summed E-state index contributed by atoms with van der Waals surface area (Å²) >= 11 is 0. The highest BCUT2D eigenvalue weighted by Gasteiger charge is 2.26. The second-order valence-electron chi connectivity index (χ2n) is 6.57. The lowest BCUT2D eigenvalue weighted by Crippen LogP contribution is -2.34. The molecular weight excluding hydrogens is 366 g/mol. The van der Waals surface area contributed by atoms with E-state index in [1.807, 2.05) is 26.0 Å². The number of ether oxygens (including phenoxy) is 2. The third-order valence-corrected chi connectivity index (χ3v) is 5.64. The van der Waals surface area contributed by atoms with Crippen molar-refractivity contribution >= 4 is 21.0 Å². The van der Waals surface area contributed by atoms with E-state index < -0.39 is 16.2 Å². The first kappa shape index (κ1) is 17.8. The molecular formula is C20H19NO5S. The van der Waals surface area contributed by atoms with Crippen LogP contribution >= 0.6 is 0 Å². The topological polar surface area (TPSA) is 74.7 Å². The lowest BCUT2D eigenvalue weighted by atomic mass is 10.1. The third-order valence-electron chi connectivity index (χ3n) is 4.34. The van der Waals surface area contributed by atoms with Crippen LogP contribution in [-0.4, -0.2) is 32.7 Å². The lowest BCUT2D eigenvalue weighted by molar-refractivity contribution is 0.0571. The number of nitrogens with zero attached hydrogens (tertiary/aromatic N) is 1. The van der Waals surface area contributed by atoms with E-state index in [-0.39, 0.29) is 18.1 Å². The minimum atomic E-state index is -3.85. The van der Waals surface area contributed by atoms with Crippen molar-refractivity contribution in [1.29, 1.82) is 0 Å². The quantitative estimate of drug-likeness (QED) is 0.641. The molecule has 0 fully saturated rings. The molecule has 0 bridgehead atoms. The lowest BCUT2D eigenvalue weighted by Gasteiger charge is -2.27. The average molecular weight is 385 g/mol. The van der Waals surface area contributed by atoms with Gasteiger partial charge in [0, 0.05) is 11.6 Å². The van der Waals surface area contributed by atoms with Gasteiger partial charge >= 0.3 is 0 Å². The standard InChI is InChI=1S/C20H19NO5S/c1-13-3-5-16(6-4-13)27(22,23)25-12-15-11-24-19-8-7-18-17(20(19)26-15)9-14(2)10-21-18/h3-10,15H,11-12H2,1-2H3. The highest BCUT2D eigenvalue weighted by Crippen LogP contribution is 2.38. The van der Waals surface area contributed by atoms with Gasteiger partial charge in [0.25, 0.3) is 10.1 Å². The zero-order chi connectivity index (χ0) is 19.0. The van der Waals surface area contributed by atoms with Crippen molar-refractivity contribution in [1.82, 2.24) is 4.98 Å². The summed E-state index contributed by atoms with van der Waals surface area (Å²) < 4.78 is 41.7. The molecule has 2 aromatic carbocycles. The van der Waals surface area contributed by atoms with Gasteiger partial charge in [0.05, 0.1) is 10.4 Å². The van der Waals surface area contributed by atoms with E-state index in [1.165, 1.54) is 12.1 Å². The van der Waals surface area contributed by atoms with Crippen molar-refractivity contribution in [2.24, 2.45) is 0 Å². The molecule has 0 aliphatic carbocycles. The molecule has 0 saturated carbocycles. The molecule has 1 aliphatic rings. The van der Waals surface area contributed by atoms with Gasteiger partial charge in [0.2, 0.25) is 0 Å². The van der Waals surface area contributed by atoms with E-state index >= 15 is 0 Å². The minimum Gasteiger partial charge on any atom is -0.486 e. The van der Waals surface area contributed by atoms with Gasteiger partial charge in [-0.05, 0) is 49.7 Å². The van der Waals surface area contributed by atoms with Gasteiger partial charge in [-0.25, -0.2) is 0 Å². The van der Waals surface area contributed by atoms with E-state index in [0.29, 0.717) is 11.5 Å². The van der Waals surface area contributed by atoms with E-state index in [4.69, 9.17) is 13.7 Å². The first-order valence-electron chi connectivity index (χ1n) is 8.57. The smallest absolute Gasteiger partial charge is 0.297 e. The van der Waals surface area contributed by atoms with Gasteiger partial charge in [-0.2, -0.15) is 8.42 Å². The van der Waals surface area contributed by atoms with Gasteiger partial charge < -0.3 is 9.47 Å². The predicted molar refractivity (Wildman–Crippen MR) is 101 cm³/mol. The number of hydrogen-bond donors (Lipinski definition) is 0. The Morgan fingerprint density at radius 3 is 2.67 bits per heavy atom. The van der Waals surface area contributed by atoms with Crippen LogP contribution in [0.4, 0.5) is 0 Å². The van der Waals surface area contributed by atoms with Crippen LogP contribution in [0.2, 0.25) is 0 Å². The predicted octanol–water partition coefficient (Wildman–Crippen LogP) is 3.40. The maximum atomic E-state index is 12.4. The molecule has 1 unspecified atom stereocenters. The number of hydrogen-bond acceptors (Lipinski definition) is 6. The van der Waals surface area contributed by atoms with E-state index in [2.05, 4.69) is 4.98 Å². The molecule has 0 spiro atoms. The minimum absolute atomic E-state index is 0.121. The fraction of sp³-hybridized carbons (Fsp3) is 0.250. The van der Waals surface area contributed by atoms with E-state index in [1.54, 1.807) is 24.4 Å². The molecule has 1 aromatic heterocycles. The Balaban J connectivity index is 1.53. The van der Waals surface area contributed by atoms with E-state index in [0.717, 1.165) is 22.0 Å². The Hall–Kier alpha value is -2.64. The number of rotatable bonds is 4. The maximum absolute atomic E-state index is 12.4.